The minimum absolute atomic E-state index is 0.162. The SMILES string of the molecule is [CH2]C=CC(=O)[SH]1C=CC=C1. The fourth-order valence-electron chi connectivity index (χ4n) is 0.668. The zero-order chi connectivity index (χ0) is 7.40. The average Bonchev–Trinajstić information content (AvgIpc) is 2.38. The van der Waals surface area contributed by atoms with Gasteiger partial charge in [-0.15, -0.1) is 10.9 Å². The van der Waals surface area contributed by atoms with Crippen LogP contribution in [0.4, 0.5) is 0 Å². The summed E-state index contributed by atoms with van der Waals surface area (Å²) in [5, 5.41) is 4.02. The van der Waals surface area contributed by atoms with E-state index in [0.717, 1.165) is 0 Å². The third kappa shape index (κ3) is 1.61. The van der Waals surface area contributed by atoms with Crippen LogP contribution in [0.2, 0.25) is 0 Å². The van der Waals surface area contributed by atoms with E-state index in [-0.39, 0.29) is 5.12 Å². The van der Waals surface area contributed by atoms with Crippen molar-refractivity contribution in [1.82, 2.24) is 0 Å². The highest BCUT2D eigenvalue weighted by Crippen LogP contribution is 2.33. The lowest BCUT2D eigenvalue weighted by molar-refractivity contribution is -0.107. The highest BCUT2D eigenvalue weighted by molar-refractivity contribution is 8.34. The first-order valence-corrected chi connectivity index (χ1v) is 4.45. The van der Waals surface area contributed by atoms with Crippen LogP contribution >= 0.6 is 10.9 Å². The highest BCUT2D eigenvalue weighted by atomic mass is 32.2. The van der Waals surface area contributed by atoms with Crippen molar-refractivity contribution in [2.75, 3.05) is 0 Å². The first-order valence-electron chi connectivity index (χ1n) is 2.97. The van der Waals surface area contributed by atoms with Gasteiger partial charge in [0.15, 0.2) is 5.12 Å². The molecular formula is C8H9OS. The first kappa shape index (κ1) is 7.35. The molecule has 1 aliphatic heterocycles. The Morgan fingerprint density at radius 2 is 2.00 bits per heavy atom. The monoisotopic (exact) mass is 153 g/mol. The maximum atomic E-state index is 11.0. The molecule has 1 aliphatic rings. The third-order valence-corrected chi connectivity index (χ3v) is 2.76. The first-order chi connectivity index (χ1) is 4.84. The minimum atomic E-state index is -0.639. The molecule has 0 amide bonds. The van der Waals surface area contributed by atoms with E-state index >= 15 is 0 Å². The molecule has 0 aromatic heterocycles. The molecule has 53 valence electrons. The van der Waals surface area contributed by atoms with E-state index < -0.39 is 10.9 Å². The van der Waals surface area contributed by atoms with Gasteiger partial charge < -0.3 is 0 Å². The van der Waals surface area contributed by atoms with Gasteiger partial charge in [0.25, 0.3) is 0 Å². The van der Waals surface area contributed by atoms with Crippen LogP contribution in [0.3, 0.4) is 0 Å². The second-order valence-corrected chi connectivity index (χ2v) is 3.68. The molecule has 0 N–H and O–H groups in total. The van der Waals surface area contributed by atoms with Crippen molar-refractivity contribution >= 4 is 16.0 Å². The Bertz CT molecular complexity index is 201. The molecule has 0 fully saturated rings. The zero-order valence-electron chi connectivity index (χ0n) is 5.53. The highest BCUT2D eigenvalue weighted by Gasteiger charge is 2.04. The Labute approximate surface area is 63.5 Å². The fourth-order valence-corrected chi connectivity index (χ4v) is 1.91. The molecule has 0 unspecified atom stereocenters. The summed E-state index contributed by atoms with van der Waals surface area (Å²) in [6.07, 6.45) is 6.86. The standard InChI is InChI=1S/C8H9OS/c1-2-5-8(9)10-6-3-4-7-10/h2-7,10H,1H2. The van der Waals surface area contributed by atoms with Gasteiger partial charge >= 0.3 is 0 Å². The summed E-state index contributed by atoms with van der Waals surface area (Å²) in [7, 11) is -0.639. The third-order valence-electron chi connectivity index (χ3n) is 1.12. The largest absolute Gasteiger partial charge is 0.284 e. The van der Waals surface area contributed by atoms with Gasteiger partial charge in [-0.1, -0.05) is 18.2 Å². The van der Waals surface area contributed by atoms with Gasteiger partial charge in [-0.05, 0) is 23.8 Å². The summed E-state index contributed by atoms with van der Waals surface area (Å²) in [5.74, 6) is 0. The average molecular weight is 153 g/mol. The maximum absolute atomic E-state index is 11.0. The van der Waals surface area contributed by atoms with Crippen LogP contribution in [-0.2, 0) is 4.79 Å². The van der Waals surface area contributed by atoms with E-state index in [1.807, 2.05) is 23.0 Å². The van der Waals surface area contributed by atoms with Crippen LogP contribution in [0.5, 0.6) is 0 Å². The molecule has 0 aromatic carbocycles. The van der Waals surface area contributed by atoms with Gasteiger partial charge in [-0.3, -0.25) is 4.79 Å². The second-order valence-electron chi connectivity index (χ2n) is 1.83. The van der Waals surface area contributed by atoms with Crippen LogP contribution in [0.1, 0.15) is 0 Å². The molecule has 1 nitrogen and oxygen atoms in total. The normalized spacial score (nSPS) is 19.1. The van der Waals surface area contributed by atoms with Crippen molar-refractivity contribution in [1.29, 1.82) is 0 Å². The second kappa shape index (κ2) is 3.42. The molecule has 1 heterocycles. The molecule has 2 heteroatoms. The van der Waals surface area contributed by atoms with Gasteiger partial charge in [0.1, 0.15) is 0 Å². The molecule has 0 atom stereocenters. The lowest BCUT2D eigenvalue weighted by atomic mass is 10.6. The summed E-state index contributed by atoms with van der Waals surface area (Å²) in [4.78, 5) is 11.0. The van der Waals surface area contributed by atoms with Crippen molar-refractivity contribution in [2.24, 2.45) is 0 Å². The summed E-state index contributed by atoms with van der Waals surface area (Å²) in [6.45, 7) is 3.46. The van der Waals surface area contributed by atoms with E-state index in [0.29, 0.717) is 0 Å². The van der Waals surface area contributed by atoms with Gasteiger partial charge in [-0.25, -0.2) is 0 Å². The van der Waals surface area contributed by atoms with Crippen molar-refractivity contribution in [3.63, 3.8) is 0 Å². The quantitative estimate of drug-likeness (QED) is 0.450. The summed E-state index contributed by atoms with van der Waals surface area (Å²) >= 11 is 0. The van der Waals surface area contributed by atoms with Crippen LogP contribution in [0, 0.1) is 6.92 Å². The summed E-state index contributed by atoms with van der Waals surface area (Å²) in [6, 6.07) is 0. The molecule has 1 radical (unpaired) electrons. The lowest BCUT2D eigenvalue weighted by Crippen LogP contribution is -1.86. The maximum Gasteiger partial charge on any atom is 0.199 e. The van der Waals surface area contributed by atoms with Gasteiger partial charge in [0.05, 0.1) is 0 Å². The van der Waals surface area contributed by atoms with E-state index in [1.54, 1.807) is 0 Å². The number of carbonyl (C=O) groups is 1. The number of hydrogen-bond donors (Lipinski definition) is 1. The molecule has 0 spiro atoms. The molecule has 0 saturated carbocycles. The van der Waals surface area contributed by atoms with Crippen molar-refractivity contribution < 1.29 is 4.79 Å². The number of thiol groups is 1. The number of hydrogen-bond acceptors (Lipinski definition) is 1. The van der Waals surface area contributed by atoms with Gasteiger partial charge in [0.2, 0.25) is 0 Å². The predicted octanol–water partition coefficient (Wildman–Crippen LogP) is 1.95. The molecule has 0 aliphatic carbocycles. The molecule has 0 bridgehead atoms. The van der Waals surface area contributed by atoms with Crippen LogP contribution < -0.4 is 0 Å². The lowest BCUT2D eigenvalue weighted by Gasteiger charge is -2.01. The van der Waals surface area contributed by atoms with Crippen LogP contribution in [0.15, 0.2) is 35.1 Å². The Morgan fingerprint density at radius 1 is 1.40 bits per heavy atom. The van der Waals surface area contributed by atoms with E-state index in [2.05, 4.69) is 6.92 Å². The molecular weight excluding hydrogens is 144 g/mol. The smallest absolute Gasteiger partial charge is 0.199 e. The molecule has 0 saturated heterocycles. The van der Waals surface area contributed by atoms with Crippen molar-refractivity contribution in [3.8, 4) is 0 Å². The Hall–Kier alpha value is -0.760. The summed E-state index contributed by atoms with van der Waals surface area (Å²) < 4.78 is 0. The van der Waals surface area contributed by atoms with Crippen molar-refractivity contribution in [2.45, 2.75) is 0 Å². The molecule has 0 aromatic rings. The van der Waals surface area contributed by atoms with Crippen molar-refractivity contribution in [3.05, 3.63) is 42.0 Å². The Kier molecular flexibility index (Phi) is 2.51. The Morgan fingerprint density at radius 3 is 2.50 bits per heavy atom. The van der Waals surface area contributed by atoms with Gasteiger partial charge in [0, 0.05) is 0 Å². The van der Waals surface area contributed by atoms with Crippen LogP contribution in [0.25, 0.3) is 0 Å². The molecule has 1 rings (SSSR count). The van der Waals surface area contributed by atoms with E-state index in [1.165, 1.54) is 12.2 Å². The zero-order valence-corrected chi connectivity index (χ0v) is 6.42. The van der Waals surface area contributed by atoms with E-state index in [9.17, 15) is 4.79 Å². The Balaban J connectivity index is 2.58. The predicted molar refractivity (Wildman–Crippen MR) is 46.8 cm³/mol. The fraction of sp³-hybridized carbons (Fsp3) is 0. The van der Waals surface area contributed by atoms with E-state index in [4.69, 9.17) is 0 Å². The minimum Gasteiger partial charge on any atom is -0.284 e. The van der Waals surface area contributed by atoms with Crippen LogP contribution in [-0.4, -0.2) is 5.12 Å². The van der Waals surface area contributed by atoms with Gasteiger partial charge in [-0.2, -0.15) is 0 Å². The number of rotatable bonds is 1. The topological polar surface area (TPSA) is 17.1 Å². The number of allylic oxidation sites excluding steroid dienone is 3. The summed E-state index contributed by atoms with van der Waals surface area (Å²) in [5.41, 5.74) is 0. The molecule has 10 heavy (non-hydrogen) atoms. The number of carbonyl (C=O) groups excluding carboxylic acids is 1.